The fraction of sp³-hybridized carbons (Fsp3) is 0.480. The van der Waals surface area contributed by atoms with Gasteiger partial charge in [-0.05, 0) is 67.6 Å². The van der Waals surface area contributed by atoms with Crippen LogP contribution < -0.4 is 4.74 Å². The predicted octanol–water partition coefficient (Wildman–Crippen LogP) is 4.76. The molecule has 0 N–H and O–H groups in total. The zero-order chi connectivity index (χ0) is 21.8. The molecule has 0 aromatic heterocycles. The number of nitrogens with zero attached hydrogens (tertiary/aromatic N) is 2. The van der Waals surface area contributed by atoms with Gasteiger partial charge < -0.3 is 9.64 Å². The van der Waals surface area contributed by atoms with E-state index in [0.29, 0.717) is 12.5 Å². The Morgan fingerprint density at radius 1 is 1.10 bits per heavy atom. The second-order valence-electron chi connectivity index (χ2n) is 8.82. The Morgan fingerprint density at radius 3 is 2.47 bits per heavy atom. The van der Waals surface area contributed by atoms with Crippen molar-refractivity contribution in [2.24, 2.45) is 0 Å². The highest BCUT2D eigenvalue weighted by Crippen LogP contribution is 2.23. The van der Waals surface area contributed by atoms with Crippen LogP contribution in [0.3, 0.4) is 0 Å². The number of hydrogen-bond donors (Lipinski definition) is 0. The van der Waals surface area contributed by atoms with Crippen LogP contribution in [-0.4, -0.2) is 47.5 Å². The summed E-state index contributed by atoms with van der Waals surface area (Å²) in [7, 11) is 0. The maximum Gasteiger partial charge on any atom is 0.260 e. The maximum atomic E-state index is 13.2. The first-order chi connectivity index (χ1) is 14.2. The molecule has 162 valence electrons. The van der Waals surface area contributed by atoms with Gasteiger partial charge in [-0.3, -0.25) is 9.69 Å². The van der Waals surface area contributed by atoms with E-state index in [2.05, 4.69) is 38.7 Å². The van der Waals surface area contributed by atoms with Gasteiger partial charge in [0.1, 0.15) is 11.6 Å². The predicted molar refractivity (Wildman–Crippen MR) is 118 cm³/mol. The van der Waals surface area contributed by atoms with Gasteiger partial charge >= 0.3 is 0 Å². The van der Waals surface area contributed by atoms with E-state index in [1.54, 1.807) is 0 Å². The summed E-state index contributed by atoms with van der Waals surface area (Å²) in [4.78, 5) is 17.1. The van der Waals surface area contributed by atoms with Crippen LogP contribution in [0.2, 0.25) is 0 Å². The van der Waals surface area contributed by atoms with Gasteiger partial charge in [0.2, 0.25) is 0 Å². The zero-order valence-corrected chi connectivity index (χ0v) is 18.7. The van der Waals surface area contributed by atoms with Crippen molar-refractivity contribution in [3.63, 3.8) is 0 Å². The van der Waals surface area contributed by atoms with E-state index >= 15 is 0 Å². The highest BCUT2D eigenvalue weighted by Gasteiger charge is 2.32. The van der Waals surface area contributed by atoms with Gasteiger partial charge in [-0.1, -0.05) is 32.0 Å². The second-order valence-corrected chi connectivity index (χ2v) is 8.82. The molecular weight excluding hydrogens is 379 g/mol. The molecule has 1 fully saturated rings. The third-order valence-electron chi connectivity index (χ3n) is 5.84. The Balaban J connectivity index is 1.58. The number of aryl methyl sites for hydroxylation is 1. The van der Waals surface area contributed by atoms with Crippen LogP contribution in [0.4, 0.5) is 4.39 Å². The van der Waals surface area contributed by atoms with Crippen molar-refractivity contribution in [2.45, 2.75) is 59.2 Å². The molecule has 3 rings (SSSR count). The van der Waals surface area contributed by atoms with Crippen LogP contribution >= 0.6 is 0 Å². The summed E-state index contributed by atoms with van der Waals surface area (Å²) in [6, 6.07) is 13.1. The summed E-state index contributed by atoms with van der Waals surface area (Å²) in [5.74, 6) is 0.966. The lowest BCUT2D eigenvalue weighted by molar-refractivity contribution is -0.139. The van der Waals surface area contributed by atoms with Gasteiger partial charge in [-0.15, -0.1) is 0 Å². The number of carbonyl (C=O) groups excluding carboxylic acids is 1. The number of rotatable bonds is 6. The van der Waals surface area contributed by atoms with E-state index < -0.39 is 0 Å². The molecule has 5 heteroatoms. The molecule has 0 spiro atoms. The molecule has 1 amide bonds. The molecule has 2 atom stereocenters. The molecule has 4 nitrogen and oxygen atoms in total. The molecule has 1 aliphatic heterocycles. The van der Waals surface area contributed by atoms with Crippen molar-refractivity contribution >= 4 is 5.91 Å². The third kappa shape index (κ3) is 5.60. The van der Waals surface area contributed by atoms with E-state index in [4.69, 9.17) is 4.74 Å². The average molecular weight is 413 g/mol. The highest BCUT2D eigenvalue weighted by molar-refractivity contribution is 5.78. The summed E-state index contributed by atoms with van der Waals surface area (Å²) < 4.78 is 19.0. The number of hydrogen-bond acceptors (Lipinski definition) is 3. The first-order valence-corrected chi connectivity index (χ1v) is 10.7. The minimum absolute atomic E-state index is 0.0170. The third-order valence-corrected chi connectivity index (χ3v) is 5.84. The molecule has 0 aliphatic carbocycles. The topological polar surface area (TPSA) is 32.8 Å². The Hall–Kier alpha value is -2.40. The van der Waals surface area contributed by atoms with E-state index in [1.807, 2.05) is 36.1 Å². The van der Waals surface area contributed by atoms with Crippen LogP contribution in [-0.2, 0) is 11.3 Å². The lowest BCUT2D eigenvalue weighted by atomic mass is 10.0. The van der Waals surface area contributed by atoms with Crippen molar-refractivity contribution in [3.8, 4) is 5.75 Å². The molecule has 2 aromatic rings. The standard InChI is InChI=1S/C25H33FN2O2/c1-17(2)22-10-18(3)11-24(12-22)30-16-25(29)28-14-19(4)27(13-20(28)5)15-21-6-8-23(26)9-7-21/h6-12,17,19-20H,13-16H2,1-5H3/t19-,20+/m0/s1. The molecule has 1 saturated heterocycles. The molecule has 0 radical (unpaired) electrons. The normalized spacial score (nSPS) is 19.9. The number of piperazine rings is 1. The molecule has 0 unspecified atom stereocenters. The SMILES string of the molecule is Cc1cc(OCC(=O)N2C[C@H](C)N(Cc3ccc(F)cc3)C[C@H]2C)cc(C(C)C)c1. The minimum atomic E-state index is -0.218. The average Bonchev–Trinajstić information content (AvgIpc) is 2.70. The Labute approximate surface area is 179 Å². The van der Waals surface area contributed by atoms with Crippen molar-refractivity contribution in [3.05, 3.63) is 65.0 Å². The van der Waals surface area contributed by atoms with Gasteiger partial charge in [0.15, 0.2) is 6.61 Å². The summed E-state index contributed by atoms with van der Waals surface area (Å²) in [5, 5.41) is 0. The number of ether oxygens (including phenoxy) is 1. The first kappa shape index (κ1) is 22.3. The molecule has 30 heavy (non-hydrogen) atoms. The zero-order valence-electron chi connectivity index (χ0n) is 18.7. The molecule has 0 bridgehead atoms. The first-order valence-electron chi connectivity index (χ1n) is 10.7. The largest absolute Gasteiger partial charge is 0.484 e. The van der Waals surface area contributed by atoms with E-state index in [1.165, 1.54) is 17.7 Å². The highest BCUT2D eigenvalue weighted by atomic mass is 19.1. The fourth-order valence-corrected chi connectivity index (χ4v) is 4.01. The van der Waals surface area contributed by atoms with Crippen LogP contribution in [0, 0.1) is 12.7 Å². The van der Waals surface area contributed by atoms with Gasteiger partial charge in [0.25, 0.3) is 5.91 Å². The van der Waals surface area contributed by atoms with Crippen LogP contribution in [0.1, 0.15) is 50.3 Å². The van der Waals surface area contributed by atoms with Crippen molar-refractivity contribution in [2.75, 3.05) is 19.7 Å². The number of benzene rings is 2. The minimum Gasteiger partial charge on any atom is -0.484 e. The Kier molecular flexibility index (Phi) is 7.14. The molecule has 1 aliphatic rings. The number of amides is 1. The number of carbonyl (C=O) groups is 1. The summed E-state index contributed by atoms with van der Waals surface area (Å²) in [5.41, 5.74) is 3.44. The van der Waals surface area contributed by atoms with E-state index in [-0.39, 0.29) is 30.4 Å². The summed E-state index contributed by atoms with van der Waals surface area (Å²) in [6.45, 7) is 12.8. The van der Waals surface area contributed by atoms with Crippen LogP contribution in [0.15, 0.2) is 42.5 Å². The van der Waals surface area contributed by atoms with Gasteiger partial charge in [0, 0.05) is 31.7 Å². The quantitative estimate of drug-likeness (QED) is 0.686. The van der Waals surface area contributed by atoms with E-state index in [0.717, 1.165) is 30.0 Å². The summed E-state index contributed by atoms with van der Waals surface area (Å²) in [6.07, 6.45) is 0. The molecular formula is C25H33FN2O2. The van der Waals surface area contributed by atoms with Gasteiger partial charge in [0.05, 0.1) is 0 Å². The Morgan fingerprint density at radius 2 is 1.80 bits per heavy atom. The Bertz CT molecular complexity index is 866. The second kappa shape index (κ2) is 9.61. The monoisotopic (exact) mass is 412 g/mol. The molecule has 1 heterocycles. The van der Waals surface area contributed by atoms with Crippen LogP contribution in [0.25, 0.3) is 0 Å². The molecule has 2 aromatic carbocycles. The smallest absolute Gasteiger partial charge is 0.260 e. The lowest BCUT2D eigenvalue weighted by Crippen LogP contribution is -2.58. The van der Waals surface area contributed by atoms with Crippen molar-refractivity contribution < 1.29 is 13.9 Å². The van der Waals surface area contributed by atoms with Crippen molar-refractivity contribution in [1.29, 1.82) is 0 Å². The number of halogens is 1. The maximum absolute atomic E-state index is 13.2. The molecule has 0 saturated carbocycles. The lowest BCUT2D eigenvalue weighted by Gasteiger charge is -2.44. The van der Waals surface area contributed by atoms with Gasteiger partial charge in [-0.2, -0.15) is 0 Å². The van der Waals surface area contributed by atoms with Crippen molar-refractivity contribution in [1.82, 2.24) is 9.80 Å². The van der Waals surface area contributed by atoms with Crippen LogP contribution in [0.5, 0.6) is 5.75 Å². The van der Waals surface area contributed by atoms with E-state index in [9.17, 15) is 9.18 Å². The fourth-order valence-electron chi connectivity index (χ4n) is 4.01. The van der Waals surface area contributed by atoms with Gasteiger partial charge in [-0.25, -0.2) is 4.39 Å². The summed E-state index contributed by atoms with van der Waals surface area (Å²) >= 11 is 0.